The van der Waals surface area contributed by atoms with Crippen molar-refractivity contribution < 1.29 is 9.47 Å². The second kappa shape index (κ2) is 5.42. The Kier molecular flexibility index (Phi) is 3.25. The van der Waals surface area contributed by atoms with Gasteiger partial charge in [-0.15, -0.1) is 10.2 Å². The van der Waals surface area contributed by atoms with Gasteiger partial charge in [-0.25, -0.2) is 4.98 Å². The quantitative estimate of drug-likeness (QED) is 0.733. The Balaban J connectivity index is 1.72. The van der Waals surface area contributed by atoms with Gasteiger partial charge in [0.2, 0.25) is 5.65 Å². The smallest absolute Gasteiger partial charge is 0.203 e. The van der Waals surface area contributed by atoms with E-state index < -0.39 is 0 Å². The molecule has 0 atom stereocenters. The molecular formula is C16H17N5O2. The molecule has 7 nitrogen and oxygen atoms in total. The number of methoxy groups -OCH3 is 2. The van der Waals surface area contributed by atoms with Gasteiger partial charge in [0.15, 0.2) is 17.3 Å². The molecule has 0 bridgehead atoms. The first-order chi connectivity index (χ1) is 11.3. The summed E-state index contributed by atoms with van der Waals surface area (Å²) in [5, 5.41) is 8.14. The second-order valence-electron chi connectivity index (χ2n) is 5.46. The lowest BCUT2D eigenvalue weighted by Gasteiger charge is -2.30. The van der Waals surface area contributed by atoms with Crippen LogP contribution in [0.25, 0.3) is 5.65 Å². The van der Waals surface area contributed by atoms with Crippen molar-refractivity contribution >= 4 is 11.5 Å². The second-order valence-corrected chi connectivity index (χ2v) is 5.46. The number of rotatable bonds is 3. The highest BCUT2D eigenvalue weighted by Crippen LogP contribution is 2.34. The van der Waals surface area contributed by atoms with Crippen LogP contribution in [-0.4, -0.2) is 40.3 Å². The van der Waals surface area contributed by atoms with Crippen molar-refractivity contribution in [2.75, 3.05) is 25.7 Å². The fourth-order valence-corrected chi connectivity index (χ4v) is 3.03. The number of benzene rings is 1. The molecular weight excluding hydrogens is 294 g/mol. The minimum atomic E-state index is 0.752. The average Bonchev–Trinajstić information content (AvgIpc) is 3.08. The van der Waals surface area contributed by atoms with Gasteiger partial charge in [-0.1, -0.05) is 0 Å². The molecule has 0 radical (unpaired) electrons. The molecule has 0 spiro atoms. The van der Waals surface area contributed by atoms with E-state index in [4.69, 9.17) is 9.47 Å². The van der Waals surface area contributed by atoms with Crippen molar-refractivity contribution in [2.45, 2.75) is 13.0 Å². The first kappa shape index (κ1) is 13.8. The zero-order valence-corrected chi connectivity index (χ0v) is 13.1. The van der Waals surface area contributed by atoms with E-state index in [0.717, 1.165) is 42.5 Å². The third kappa shape index (κ3) is 2.25. The van der Waals surface area contributed by atoms with Gasteiger partial charge in [0.05, 0.1) is 14.2 Å². The molecule has 0 unspecified atom stereocenters. The van der Waals surface area contributed by atoms with Crippen LogP contribution in [0.1, 0.15) is 11.1 Å². The zero-order valence-electron chi connectivity index (χ0n) is 13.1. The summed E-state index contributed by atoms with van der Waals surface area (Å²) in [5.74, 6) is 2.38. The number of fused-ring (bicyclic) bond motifs is 2. The molecule has 1 aliphatic rings. The van der Waals surface area contributed by atoms with E-state index in [1.165, 1.54) is 11.1 Å². The van der Waals surface area contributed by atoms with E-state index in [1.807, 2.05) is 16.7 Å². The van der Waals surface area contributed by atoms with E-state index in [2.05, 4.69) is 26.1 Å². The van der Waals surface area contributed by atoms with Crippen LogP contribution in [0, 0.1) is 0 Å². The fraction of sp³-hybridized carbons (Fsp3) is 0.312. The Bertz CT molecular complexity index is 861. The SMILES string of the molecule is COc1cc2c(cc1OC)CN(c1nccn3cnnc13)CC2. The number of hydrogen-bond acceptors (Lipinski definition) is 6. The summed E-state index contributed by atoms with van der Waals surface area (Å²) >= 11 is 0. The maximum atomic E-state index is 5.42. The Morgan fingerprint density at radius 1 is 1.09 bits per heavy atom. The molecule has 118 valence electrons. The van der Waals surface area contributed by atoms with Gasteiger partial charge in [0.25, 0.3) is 0 Å². The molecule has 0 N–H and O–H groups in total. The molecule has 2 aromatic heterocycles. The normalized spacial score (nSPS) is 13.9. The van der Waals surface area contributed by atoms with Crippen LogP contribution in [-0.2, 0) is 13.0 Å². The number of anilines is 1. The highest BCUT2D eigenvalue weighted by molar-refractivity contribution is 5.64. The Morgan fingerprint density at radius 3 is 2.65 bits per heavy atom. The summed E-state index contributed by atoms with van der Waals surface area (Å²) in [5.41, 5.74) is 3.28. The Hall–Kier alpha value is -2.83. The third-order valence-corrected chi connectivity index (χ3v) is 4.21. The lowest BCUT2D eigenvalue weighted by atomic mass is 9.99. The van der Waals surface area contributed by atoms with Crippen molar-refractivity contribution in [3.63, 3.8) is 0 Å². The predicted octanol–water partition coefficient (Wildman–Crippen LogP) is 1.70. The first-order valence-electron chi connectivity index (χ1n) is 7.43. The van der Waals surface area contributed by atoms with Crippen LogP contribution in [0.2, 0.25) is 0 Å². The van der Waals surface area contributed by atoms with Crippen molar-refractivity contribution in [2.24, 2.45) is 0 Å². The van der Waals surface area contributed by atoms with Crippen LogP contribution >= 0.6 is 0 Å². The van der Waals surface area contributed by atoms with Crippen molar-refractivity contribution in [1.29, 1.82) is 0 Å². The molecule has 3 aromatic rings. The van der Waals surface area contributed by atoms with Gasteiger partial charge in [-0.2, -0.15) is 0 Å². The van der Waals surface area contributed by atoms with Crippen LogP contribution in [0.15, 0.2) is 30.9 Å². The molecule has 1 aromatic carbocycles. The van der Waals surface area contributed by atoms with Crippen LogP contribution in [0.4, 0.5) is 5.82 Å². The van der Waals surface area contributed by atoms with Crippen LogP contribution < -0.4 is 14.4 Å². The number of nitrogens with zero attached hydrogens (tertiary/aromatic N) is 5. The summed E-state index contributed by atoms with van der Waals surface area (Å²) < 4.78 is 12.7. The van der Waals surface area contributed by atoms with Crippen LogP contribution in [0.3, 0.4) is 0 Å². The van der Waals surface area contributed by atoms with Gasteiger partial charge in [-0.3, -0.25) is 4.40 Å². The van der Waals surface area contributed by atoms with Gasteiger partial charge >= 0.3 is 0 Å². The van der Waals surface area contributed by atoms with E-state index >= 15 is 0 Å². The van der Waals surface area contributed by atoms with Gasteiger partial charge in [-0.05, 0) is 29.7 Å². The molecule has 3 heterocycles. The topological polar surface area (TPSA) is 64.8 Å². The molecule has 1 aliphatic heterocycles. The Morgan fingerprint density at radius 2 is 1.87 bits per heavy atom. The maximum absolute atomic E-state index is 5.42. The van der Waals surface area contributed by atoms with Crippen LogP contribution in [0.5, 0.6) is 11.5 Å². The highest BCUT2D eigenvalue weighted by atomic mass is 16.5. The monoisotopic (exact) mass is 311 g/mol. The van der Waals surface area contributed by atoms with E-state index in [1.54, 1.807) is 26.7 Å². The Labute approximate surface area is 133 Å². The molecule has 0 amide bonds. The lowest BCUT2D eigenvalue weighted by Crippen LogP contribution is -2.31. The van der Waals surface area contributed by atoms with Crippen molar-refractivity contribution in [1.82, 2.24) is 19.6 Å². The zero-order chi connectivity index (χ0) is 15.8. The summed E-state index contributed by atoms with van der Waals surface area (Å²) in [4.78, 5) is 6.72. The molecule has 0 fully saturated rings. The van der Waals surface area contributed by atoms with Gasteiger partial charge in [0.1, 0.15) is 6.33 Å². The predicted molar refractivity (Wildman–Crippen MR) is 85.1 cm³/mol. The number of hydrogen-bond donors (Lipinski definition) is 0. The van der Waals surface area contributed by atoms with Gasteiger partial charge < -0.3 is 14.4 Å². The van der Waals surface area contributed by atoms with Gasteiger partial charge in [0, 0.05) is 25.5 Å². The number of ether oxygens (including phenoxy) is 2. The van der Waals surface area contributed by atoms with Crippen molar-refractivity contribution in [3.8, 4) is 11.5 Å². The van der Waals surface area contributed by atoms with Crippen molar-refractivity contribution in [3.05, 3.63) is 42.0 Å². The average molecular weight is 311 g/mol. The molecule has 0 saturated carbocycles. The third-order valence-electron chi connectivity index (χ3n) is 4.21. The standard InChI is InChI=1S/C16H17N5O2/c1-22-13-7-11-3-5-20(9-12(11)8-14(13)23-2)15-16-19-18-10-21(16)6-4-17-15/h4,6-8,10H,3,5,9H2,1-2H3. The largest absolute Gasteiger partial charge is 0.493 e. The lowest BCUT2D eigenvalue weighted by molar-refractivity contribution is 0.353. The minimum absolute atomic E-state index is 0.752. The molecule has 7 heteroatoms. The fourth-order valence-electron chi connectivity index (χ4n) is 3.03. The minimum Gasteiger partial charge on any atom is -0.493 e. The molecule has 23 heavy (non-hydrogen) atoms. The summed E-state index contributed by atoms with van der Waals surface area (Å²) in [6.45, 7) is 1.64. The first-order valence-corrected chi connectivity index (χ1v) is 7.43. The number of aromatic nitrogens is 4. The molecule has 0 saturated heterocycles. The summed E-state index contributed by atoms with van der Waals surface area (Å²) in [6, 6.07) is 4.11. The molecule has 0 aliphatic carbocycles. The maximum Gasteiger partial charge on any atom is 0.203 e. The summed E-state index contributed by atoms with van der Waals surface area (Å²) in [6.07, 6.45) is 6.24. The highest BCUT2D eigenvalue weighted by Gasteiger charge is 2.22. The van der Waals surface area contributed by atoms with E-state index in [9.17, 15) is 0 Å². The van der Waals surface area contributed by atoms with E-state index in [0.29, 0.717) is 0 Å². The summed E-state index contributed by atoms with van der Waals surface area (Å²) in [7, 11) is 3.32. The molecule has 4 rings (SSSR count). The van der Waals surface area contributed by atoms with E-state index in [-0.39, 0.29) is 0 Å².